The number of ether oxygens (including phenoxy) is 4. The predicted octanol–water partition coefficient (Wildman–Crippen LogP) is 1.86. The Bertz CT molecular complexity index is 1080. The lowest BCUT2D eigenvalue weighted by atomic mass is 9.46. The van der Waals surface area contributed by atoms with E-state index >= 15 is 0 Å². The van der Waals surface area contributed by atoms with Gasteiger partial charge in [-0.1, -0.05) is 6.92 Å². The van der Waals surface area contributed by atoms with Crippen LogP contribution >= 0.6 is 0 Å². The smallest absolute Gasteiger partial charge is 0.343 e. The fraction of sp³-hybridized carbons (Fsp3) is 0.862. The summed E-state index contributed by atoms with van der Waals surface area (Å²) in [5.41, 5.74) is -3.54. The summed E-state index contributed by atoms with van der Waals surface area (Å²) in [5.74, 6) is -1.64. The molecule has 0 bridgehead atoms. The molecule has 2 heterocycles. The normalized spacial score (nSPS) is 51.9. The summed E-state index contributed by atoms with van der Waals surface area (Å²) >= 11 is 0. The quantitative estimate of drug-likeness (QED) is 0.218. The number of aliphatic hydroxyl groups excluding tert-OH is 1. The molecule has 11 nitrogen and oxygen atoms in total. The monoisotopic (exact) mass is 566 g/mol. The summed E-state index contributed by atoms with van der Waals surface area (Å²) in [4.78, 5) is 29.5. The summed E-state index contributed by atoms with van der Waals surface area (Å²) in [5, 5.41) is 45.1. The molecule has 11 heteroatoms. The summed E-state index contributed by atoms with van der Waals surface area (Å²) in [6, 6.07) is 0. The van der Waals surface area contributed by atoms with Gasteiger partial charge in [-0.15, -0.1) is 0 Å². The summed E-state index contributed by atoms with van der Waals surface area (Å²) in [6.07, 6.45) is 2.57. The SMILES string of the molecule is COC(=O)C1(O)CC(C)OC1OC1CC2CCC3C(CCC4(C)C(C5=CC(=O)OC5)CCC34O)C2(OO)CC1O. The third kappa shape index (κ3) is 3.88. The molecule has 0 spiro atoms. The molecule has 0 aromatic heterocycles. The van der Waals surface area contributed by atoms with Crippen molar-refractivity contribution in [1.82, 2.24) is 0 Å². The van der Waals surface area contributed by atoms with Crippen LogP contribution in [0.4, 0.5) is 0 Å². The van der Waals surface area contributed by atoms with Gasteiger partial charge in [0.05, 0.1) is 31.0 Å². The molecule has 0 aromatic rings. The summed E-state index contributed by atoms with van der Waals surface area (Å²) < 4.78 is 21.8. The molecule has 0 amide bonds. The summed E-state index contributed by atoms with van der Waals surface area (Å²) in [6.45, 7) is 4.12. The van der Waals surface area contributed by atoms with Gasteiger partial charge in [0.2, 0.25) is 5.60 Å². The number of hydrogen-bond acceptors (Lipinski definition) is 11. The molecule has 0 radical (unpaired) electrons. The van der Waals surface area contributed by atoms with Crippen molar-refractivity contribution in [2.75, 3.05) is 13.7 Å². The van der Waals surface area contributed by atoms with Crippen LogP contribution < -0.4 is 0 Å². The fourth-order valence-corrected chi connectivity index (χ4v) is 9.82. The van der Waals surface area contributed by atoms with E-state index in [0.29, 0.717) is 32.1 Å². The molecule has 5 fully saturated rings. The number of cyclic esters (lactones) is 1. The van der Waals surface area contributed by atoms with Crippen molar-refractivity contribution in [1.29, 1.82) is 0 Å². The van der Waals surface area contributed by atoms with Crippen molar-refractivity contribution in [3.05, 3.63) is 11.6 Å². The lowest BCUT2D eigenvalue weighted by Gasteiger charge is -2.63. The van der Waals surface area contributed by atoms with Crippen molar-refractivity contribution < 1.29 is 54.0 Å². The highest BCUT2D eigenvalue weighted by Crippen LogP contribution is 2.68. The number of methoxy groups -OCH3 is 1. The minimum atomic E-state index is -1.98. The van der Waals surface area contributed by atoms with Gasteiger partial charge in [0, 0.05) is 24.3 Å². The number of rotatable bonds is 5. The Morgan fingerprint density at radius 3 is 2.55 bits per heavy atom. The van der Waals surface area contributed by atoms with Gasteiger partial charge in [0.1, 0.15) is 12.2 Å². The van der Waals surface area contributed by atoms with Gasteiger partial charge in [-0.3, -0.25) is 5.26 Å². The first-order chi connectivity index (χ1) is 18.9. The number of hydrogen-bond donors (Lipinski definition) is 4. The molecule has 6 rings (SSSR count). The number of carbonyl (C=O) groups is 2. The third-order valence-corrected chi connectivity index (χ3v) is 11.7. The zero-order valence-corrected chi connectivity index (χ0v) is 23.4. The van der Waals surface area contributed by atoms with Gasteiger partial charge in [-0.25, -0.2) is 14.5 Å². The van der Waals surface area contributed by atoms with E-state index in [2.05, 4.69) is 6.92 Å². The van der Waals surface area contributed by atoms with Gasteiger partial charge in [-0.05, 0) is 81.1 Å². The highest BCUT2D eigenvalue weighted by atomic mass is 17.1. The van der Waals surface area contributed by atoms with Crippen molar-refractivity contribution in [3.63, 3.8) is 0 Å². The zero-order chi connectivity index (χ0) is 28.7. The van der Waals surface area contributed by atoms with Gasteiger partial charge in [0.15, 0.2) is 6.29 Å². The Balaban J connectivity index is 1.23. The van der Waals surface area contributed by atoms with Crippen LogP contribution in [0.2, 0.25) is 0 Å². The predicted molar refractivity (Wildman–Crippen MR) is 136 cm³/mol. The first-order valence-electron chi connectivity index (χ1n) is 14.6. The Labute approximate surface area is 233 Å². The van der Waals surface area contributed by atoms with E-state index in [0.717, 1.165) is 18.4 Å². The number of esters is 2. The van der Waals surface area contributed by atoms with Crippen molar-refractivity contribution in [3.8, 4) is 0 Å². The van der Waals surface area contributed by atoms with E-state index in [-0.39, 0.29) is 49.1 Å². The highest BCUT2D eigenvalue weighted by Gasteiger charge is 2.70. The van der Waals surface area contributed by atoms with E-state index in [1.807, 2.05) is 0 Å². The highest BCUT2D eigenvalue weighted by molar-refractivity contribution is 5.85. The lowest BCUT2D eigenvalue weighted by Crippen LogP contribution is -2.67. The van der Waals surface area contributed by atoms with Crippen LogP contribution in [0.1, 0.15) is 71.6 Å². The van der Waals surface area contributed by atoms with E-state index < -0.39 is 52.8 Å². The average Bonchev–Trinajstić information content (AvgIpc) is 3.56. The van der Waals surface area contributed by atoms with Crippen LogP contribution in [-0.2, 0) is 33.4 Å². The first-order valence-corrected chi connectivity index (χ1v) is 14.6. The molecule has 4 aliphatic carbocycles. The maximum Gasteiger partial charge on any atom is 0.343 e. The first kappa shape index (κ1) is 28.5. The third-order valence-electron chi connectivity index (χ3n) is 11.7. The van der Waals surface area contributed by atoms with Gasteiger partial charge < -0.3 is 34.3 Å². The second kappa shape index (κ2) is 9.72. The maximum atomic E-state index is 12.4. The van der Waals surface area contributed by atoms with Crippen LogP contribution in [0.5, 0.6) is 0 Å². The molecule has 12 atom stereocenters. The molecular formula is C29H42O11. The standard InChI is InChI=1S/C29H42O11/c1-15-12-27(33,24(32)36-3)25(38-15)39-22-11-17-4-5-20-19(28(17,40-35)13-21(22)30)6-8-26(2)18(7-9-29(20,26)34)16-10-23(31)37-14-16/h10,15,17-22,25,30,33-35H,4-9,11-14H2,1-3H3. The van der Waals surface area contributed by atoms with E-state index in [1.54, 1.807) is 13.0 Å². The number of aliphatic hydroxyl groups is 3. The average molecular weight is 567 g/mol. The van der Waals surface area contributed by atoms with Crippen LogP contribution in [0, 0.1) is 29.1 Å². The van der Waals surface area contributed by atoms with E-state index in [4.69, 9.17) is 23.8 Å². The molecule has 2 aliphatic heterocycles. The number of carbonyl (C=O) groups excluding carboxylic acids is 2. The molecule has 4 saturated carbocycles. The second-order valence-corrected chi connectivity index (χ2v) is 13.4. The minimum Gasteiger partial charge on any atom is -0.467 e. The molecule has 12 unspecified atom stereocenters. The number of fused-ring (bicyclic) bond motifs is 5. The van der Waals surface area contributed by atoms with Gasteiger partial charge in [-0.2, -0.15) is 0 Å². The topological polar surface area (TPSA) is 161 Å². The summed E-state index contributed by atoms with van der Waals surface area (Å²) in [7, 11) is 1.19. The van der Waals surface area contributed by atoms with Crippen LogP contribution in [-0.4, -0.2) is 87.6 Å². The van der Waals surface area contributed by atoms with Gasteiger partial charge in [0.25, 0.3) is 0 Å². The Morgan fingerprint density at radius 1 is 1.10 bits per heavy atom. The minimum absolute atomic E-state index is 0.0135. The molecule has 6 aliphatic rings. The molecule has 0 aromatic carbocycles. The van der Waals surface area contributed by atoms with Crippen molar-refractivity contribution in [2.45, 2.75) is 113 Å². The van der Waals surface area contributed by atoms with Crippen LogP contribution in [0.3, 0.4) is 0 Å². The Morgan fingerprint density at radius 2 is 1.88 bits per heavy atom. The van der Waals surface area contributed by atoms with E-state index in [9.17, 15) is 30.2 Å². The largest absolute Gasteiger partial charge is 0.467 e. The fourth-order valence-electron chi connectivity index (χ4n) is 9.82. The second-order valence-electron chi connectivity index (χ2n) is 13.4. The molecule has 40 heavy (non-hydrogen) atoms. The molecule has 224 valence electrons. The van der Waals surface area contributed by atoms with E-state index in [1.165, 1.54) is 7.11 Å². The Kier molecular flexibility index (Phi) is 6.93. The molecule has 1 saturated heterocycles. The van der Waals surface area contributed by atoms with Gasteiger partial charge >= 0.3 is 11.9 Å². The molecular weight excluding hydrogens is 524 g/mol. The molecule has 4 N–H and O–H groups in total. The maximum absolute atomic E-state index is 12.4. The van der Waals surface area contributed by atoms with Crippen molar-refractivity contribution >= 4 is 11.9 Å². The zero-order valence-electron chi connectivity index (χ0n) is 23.4. The Hall–Kier alpha value is -1.60. The van der Waals surface area contributed by atoms with Crippen LogP contribution in [0.15, 0.2) is 11.6 Å². The van der Waals surface area contributed by atoms with Crippen molar-refractivity contribution in [2.24, 2.45) is 29.1 Å². The lowest BCUT2D eigenvalue weighted by molar-refractivity contribution is -0.394. The van der Waals surface area contributed by atoms with Crippen LogP contribution in [0.25, 0.3) is 0 Å².